The maximum Gasteiger partial charge on any atom is 0.275 e. The Morgan fingerprint density at radius 3 is 2.59 bits per heavy atom. The van der Waals surface area contributed by atoms with Crippen LogP contribution in [0.5, 0.6) is 0 Å². The lowest BCUT2D eigenvalue weighted by Gasteiger charge is -2.39. The molecule has 1 saturated carbocycles. The molecule has 5 rings (SSSR count). The first-order valence-electron chi connectivity index (χ1n) is 12.4. The minimum absolute atomic E-state index is 0.0320. The zero-order chi connectivity index (χ0) is 23.5. The van der Waals surface area contributed by atoms with Crippen LogP contribution in [0.3, 0.4) is 0 Å². The number of amides is 1. The molecule has 2 fully saturated rings. The van der Waals surface area contributed by atoms with E-state index in [0.29, 0.717) is 12.2 Å². The van der Waals surface area contributed by atoms with Crippen LogP contribution in [0.15, 0.2) is 67.0 Å². The maximum atomic E-state index is 14.0. The van der Waals surface area contributed by atoms with Crippen LogP contribution in [0.2, 0.25) is 0 Å². The second-order valence-electron chi connectivity index (χ2n) is 9.88. The Morgan fingerprint density at radius 2 is 1.85 bits per heavy atom. The largest absolute Gasteiger partial charge is 0.388 e. The molecule has 6 heteroatoms. The van der Waals surface area contributed by atoms with Crippen molar-refractivity contribution in [1.29, 1.82) is 0 Å². The Kier molecular flexibility index (Phi) is 6.53. The molecule has 178 valence electrons. The third-order valence-corrected chi connectivity index (χ3v) is 7.43. The van der Waals surface area contributed by atoms with Crippen LogP contribution in [0.1, 0.15) is 54.7 Å². The molecule has 1 aliphatic heterocycles. The second-order valence-corrected chi connectivity index (χ2v) is 9.88. The Bertz CT molecular complexity index is 1110. The Hall–Kier alpha value is -2.96. The summed E-state index contributed by atoms with van der Waals surface area (Å²) in [7, 11) is 0. The molecule has 2 aliphatic rings. The van der Waals surface area contributed by atoms with Crippen molar-refractivity contribution in [2.24, 2.45) is 0 Å². The number of benzene rings is 2. The quantitative estimate of drug-likeness (QED) is 0.605. The Morgan fingerprint density at radius 1 is 1.12 bits per heavy atom. The van der Waals surface area contributed by atoms with Crippen LogP contribution in [-0.2, 0) is 6.42 Å². The highest BCUT2D eigenvalue weighted by Gasteiger charge is 2.39. The van der Waals surface area contributed by atoms with Gasteiger partial charge >= 0.3 is 0 Å². The molecule has 2 aromatic carbocycles. The average molecular weight is 459 g/mol. The molecular weight excluding hydrogens is 424 g/mol. The highest BCUT2D eigenvalue weighted by Crippen LogP contribution is 2.40. The van der Waals surface area contributed by atoms with Crippen molar-refractivity contribution in [3.8, 4) is 11.3 Å². The summed E-state index contributed by atoms with van der Waals surface area (Å²) in [5.41, 5.74) is 2.65. The highest BCUT2D eigenvalue weighted by atomic mass is 16.3. The van der Waals surface area contributed by atoms with Gasteiger partial charge in [0.1, 0.15) is 0 Å². The lowest BCUT2D eigenvalue weighted by atomic mass is 9.81. The van der Waals surface area contributed by atoms with E-state index in [4.69, 9.17) is 4.98 Å². The van der Waals surface area contributed by atoms with E-state index in [9.17, 15) is 9.90 Å². The van der Waals surface area contributed by atoms with Gasteiger partial charge in [0, 0.05) is 31.2 Å². The second kappa shape index (κ2) is 9.72. The lowest BCUT2D eigenvalue weighted by Crippen LogP contribution is -2.54. The molecule has 2 N–H and O–H groups in total. The summed E-state index contributed by atoms with van der Waals surface area (Å²) in [5.74, 6) is -0.0320. The van der Waals surface area contributed by atoms with E-state index >= 15 is 0 Å². The van der Waals surface area contributed by atoms with Crippen molar-refractivity contribution >= 4 is 5.91 Å². The highest BCUT2D eigenvalue weighted by molar-refractivity contribution is 5.98. The van der Waals surface area contributed by atoms with Gasteiger partial charge in [0.05, 0.1) is 23.7 Å². The van der Waals surface area contributed by atoms with E-state index in [2.05, 4.69) is 22.0 Å². The van der Waals surface area contributed by atoms with Gasteiger partial charge in [0.25, 0.3) is 5.91 Å². The number of hydrogen-bond donors (Lipinski definition) is 2. The Balaban J connectivity index is 1.52. The molecule has 0 spiro atoms. The number of aliphatic hydroxyl groups is 1. The number of imidazole rings is 1. The van der Waals surface area contributed by atoms with E-state index < -0.39 is 5.60 Å². The van der Waals surface area contributed by atoms with Crippen LogP contribution in [0.4, 0.5) is 0 Å². The smallest absolute Gasteiger partial charge is 0.275 e. The Labute approximate surface area is 201 Å². The predicted molar refractivity (Wildman–Crippen MR) is 134 cm³/mol. The van der Waals surface area contributed by atoms with Crippen LogP contribution in [-0.4, -0.2) is 56.7 Å². The molecule has 34 heavy (non-hydrogen) atoms. The summed E-state index contributed by atoms with van der Waals surface area (Å²) < 4.78 is 2.07. The molecule has 1 saturated heterocycles. The normalized spacial score (nSPS) is 25.3. The van der Waals surface area contributed by atoms with Crippen LogP contribution >= 0.6 is 0 Å². The number of rotatable bonds is 5. The van der Waals surface area contributed by atoms with Crippen LogP contribution < -0.4 is 5.32 Å². The molecule has 0 bridgehead atoms. The predicted octanol–water partition coefficient (Wildman–Crippen LogP) is 4.07. The van der Waals surface area contributed by atoms with Gasteiger partial charge < -0.3 is 19.9 Å². The fourth-order valence-corrected chi connectivity index (χ4v) is 5.61. The van der Waals surface area contributed by atoms with E-state index in [-0.39, 0.29) is 18.0 Å². The molecule has 1 unspecified atom stereocenters. The van der Waals surface area contributed by atoms with Gasteiger partial charge in [-0.05, 0) is 31.7 Å². The average Bonchev–Trinajstić information content (AvgIpc) is 3.29. The SMILES string of the molecule is CC1(O)CCCC[C@@H]1n1cnc(C(=O)N2CCNC[C@H]2Cc2ccccc2)c1-c1ccccc1. The van der Waals surface area contributed by atoms with Gasteiger partial charge in [-0.15, -0.1) is 0 Å². The first kappa shape index (κ1) is 22.8. The molecule has 1 aromatic heterocycles. The summed E-state index contributed by atoms with van der Waals surface area (Å²) in [6.45, 7) is 4.10. The van der Waals surface area contributed by atoms with Crippen LogP contribution in [0.25, 0.3) is 11.3 Å². The summed E-state index contributed by atoms with van der Waals surface area (Å²) in [4.78, 5) is 20.7. The van der Waals surface area contributed by atoms with Crippen molar-refractivity contribution in [2.45, 2.75) is 56.7 Å². The number of aromatic nitrogens is 2. The van der Waals surface area contributed by atoms with Gasteiger partial charge in [0.15, 0.2) is 5.69 Å². The minimum Gasteiger partial charge on any atom is -0.388 e. The molecule has 0 radical (unpaired) electrons. The van der Waals surface area contributed by atoms with Crippen LogP contribution in [0, 0.1) is 0 Å². The monoisotopic (exact) mass is 458 g/mol. The third-order valence-electron chi connectivity index (χ3n) is 7.43. The van der Waals surface area contributed by atoms with E-state index in [1.54, 1.807) is 6.33 Å². The fourth-order valence-electron chi connectivity index (χ4n) is 5.61. The number of piperazine rings is 1. The number of nitrogens with one attached hydrogen (secondary N) is 1. The number of carbonyl (C=O) groups is 1. The zero-order valence-corrected chi connectivity index (χ0v) is 19.9. The van der Waals surface area contributed by atoms with E-state index in [1.807, 2.05) is 60.4 Å². The molecule has 1 amide bonds. The van der Waals surface area contributed by atoms with Gasteiger partial charge in [-0.2, -0.15) is 0 Å². The molecule has 2 heterocycles. The van der Waals surface area contributed by atoms with Gasteiger partial charge in [-0.3, -0.25) is 4.79 Å². The summed E-state index contributed by atoms with van der Waals surface area (Å²) >= 11 is 0. The van der Waals surface area contributed by atoms with E-state index in [0.717, 1.165) is 56.5 Å². The zero-order valence-electron chi connectivity index (χ0n) is 19.9. The van der Waals surface area contributed by atoms with Gasteiger partial charge in [-0.25, -0.2) is 4.98 Å². The topological polar surface area (TPSA) is 70.4 Å². The van der Waals surface area contributed by atoms with Crippen molar-refractivity contribution in [2.75, 3.05) is 19.6 Å². The molecule has 3 aromatic rings. The minimum atomic E-state index is -0.826. The van der Waals surface area contributed by atoms with Gasteiger partial charge in [0.2, 0.25) is 0 Å². The summed E-state index contributed by atoms with van der Waals surface area (Å²) in [6, 6.07) is 20.3. The first-order valence-corrected chi connectivity index (χ1v) is 12.4. The number of nitrogens with zero attached hydrogens (tertiary/aromatic N) is 3. The third kappa shape index (κ3) is 4.52. The van der Waals surface area contributed by atoms with Gasteiger partial charge in [-0.1, -0.05) is 73.5 Å². The lowest BCUT2D eigenvalue weighted by molar-refractivity contribution is -0.0243. The van der Waals surface area contributed by atoms with E-state index in [1.165, 1.54) is 5.56 Å². The summed E-state index contributed by atoms with van der Waals surface area (Å²) in [6.07, 6.45) is 6.29. The molecule has 1 aliphatic carbocycles. The molecular formula is C28H34N4O2. The molecule has 6 nitrogen and oxygen atoms in total. The van der Waals surface area contributed by atoms with Crippen molar-refractivity contribution < 1.29 is 9.90 Å². The summed E-state index contributed by atoms with van der Waals surface area (Å²) in [5, 5.41) is 14.7. The van der Waals surface area contributed by atoms with Crippen molar-refractivity contribution in [1.82, 2.24) is 19.8 Å². The standard InChI is InChI=1S/C28H34N4O2/c1-28(34)15-9-8-14-24(28)32-20-30-25(26(32)22-12-6-3-7-13-22)27(33)31-17-16-29-19-23(31)18-21-10-4-2-5-11-21/h2-7,10-13,20,23-24,29,34H,8-9,14-19H2,1H3/t23-,24+,28?/m1/s1. The maximum absolute atomic E-state index is 14.0. The fraction of sp³-hybridized carbons (Fsp3) is 0.429. The van der Waals surface area contributed by atoms with Crippen molar-refractivity contribution in [3.05, 3.63) is 78.2 Å². The van der Waals surface area contributed by atoms with Crippen molar-refractivity contribution in [3.63, 3.8) is 0 Å². The number of carbonyl (C=O) groups excluding carboxylic acids is 1. The number of hydrogen-bond acceptors (Lipinski definition) is 4. The first-order chi connectivity index (χ1) is 16.5. The molecule has 3 atom stereocenters.